The second-order valence-corrected chi connectivity index (χ2v) is 6.37. The van der Waals surface area contributed by atoms with Crippen LogP contribution in [0.4, 0.5) is 0 Å². The summed E-state index contributed by atoms with van der Waals surface area (Å²) in [6, 6.07) is 5.90. The molecule has 0 radical (unpaired) electrons. The van der Waals surface area contributed by atoms with Gasteiger partial charge in [0.15, 0.2) is 0 Å². The van der Waals surface area contributed by atoms with E-state index in [1.165, 1.54) is 35.7 Å². The summed E-state index contributed by atoms with van der Waals surface area (Å²) < 4.78 is 30.9. The molecule has 0 spiro atoms. The molecular weight excluding hydrogens is 294 g/mol. The monoisotopic (exact) mass is 313 g/mol. The first-order chi connectivity index (χ1) is 9.90. The molecule has 116 valence electrons. The SMILES string of the molecule is C=CCN(CCOC)S(=O)(=O)Cc1cccc(C(=O)O)c1. The molecule has 0 fully saturated rings. The fourth-order valence-electron chi connectivity index (χ4n) is 1.78. The first-order valence-corrected chi connectivity index (χ1v) is 7.91. The van der Waals surface area contributed by atoms with Gasteiger partial charge in [-0.05, 0) is 17.7 Å². The average molecular weight is 313 g/mol. The molecule has 21 heavy (non-hydrogen) atoms. The maximum absolute atomic E-state index is 12.4. The molecule has 0 saturated carbocycles. The lowest BCUT2D eigenvalue weighted by Crippen LogP contribution is -2.35. The summed E-state index contributed by atoms with van der Waals surface area (Å²) in [6.07, 6.45) is 1.50. The zero-order valence-corrected chi connectivity index (χ0v) is 12.7. The third kappa shape index (κ3) is 5.30. The van der Waals surface area contributed by atoms with Crippen LogP contribution in [0.25, 0.3) is 0 Å². The molecule has 0 unspecified atom stereocenters. The molecule has 0 saturated heterocycles. The van der Waals surface area contributed by atoms with E-state index in [0.29, 0.717) is 5.56 Å². The van der Waals surface area contributed by atoms with Crippen molar-refractivity contribution in [2.75, 3.05) is 26.8 Å². The van der Waals surface area contributed by atoms with Crippen LogP contribution in [0.15, 0.2) is 36.9 Å². The molecule has 0 aliphatic heterocycles. The second kappa shape index (κ2) is 7.92. The molecule has 0 heterocycles. The van der Waals surface area contributed by atoms with Crippen molar-refractivity contribution in [2.24, 2.45) is 0 Å². The molecule has 0 aromatic heterocycles. The fraction of sp³-hybridized carbons (Fsp3) is 0.357. The fourth-order valence-corrected chi connectivity index (χ4v) is 3.25. The van der Waals surface area contributed by atoms with Gasteiger partial charge in [0.25, 0.3) is 0 Å². The lowest BCUT2D eigenvalue weighted by molar-refractivity contribution is 0.0696. The first-order valence-electron chi connectivity index (χ1n) is 6.30. The zero-order chi connectivity index (χ0) is 15.9. The van der Waals surface area contributed by atoms with Crippen molar-refractivity contribution in [3.8, 4) is 0 Å². The predicted octanol–water partition coefficient (Wildman–Crippen LogP) is 1.35. The topological polar surface area (TPSA) is 83.9 Å². The van der Waals surface area contributed by atoms with E-state index in [1.54, 1.807) is 6.07 Å². The number of rotatable bonds is 9. The van der Waals surface area contributed by atoms with E-state index in [2.05, 4.69) is 6.58 Å². The Morgan fingerprint density at radius 1 is 1.48 bits per heavy atom. The van der Waals surface area contributed by atoms with Crippen LogP contribution in [0.2, 0.25) is 0 Å². The molecule has 1 aromatic rings. The highest BCUT2D eigenvalue weighted by atomic mass is 32.2. The van der Waals surface area contributed by atoms with Gasteiger partial charge in [-0.1, -0.05) is 18.2 Å². The Morgan fingerprint density at radius 2 is 2.19 bits per heavy atom. The Hall–Kier alpha value is -1.70. The van der Waals surface area contributed by atoms with Crippen LogP contribution in [-0.2, 0) is 20.5 Å². The van der Waals surface area contributed by atoms with E-state index in [0.717, 1.165) is 0 Å². The lowest BCUT2D eigenvalue weighted by atomic mass is 10.1. The van der Waals surface area contributed by atoms with Crippen LogP contribution in [0.1, 0.15) is 15.9 Å². The largest absolute Gasteiger partial charge is 0.478 e. The van der Waals surface area contributed by atoms with Gasteiger partial charge in [0.2, 0.25) is 10.0 Å². The minimum absolute atomic E-state index is 0.0647. The maximum atomic E-state index is 12.4. The van der Waals surface area contributed by atoms with Gasteiger partial charge in [-0.25, -0.2) is 13.2 Å². The van der Waals surface area contributed by atoms with E-state index in [-0.39, 0.29) is 31.0 Å². The third-order valence-corrected chi connectivity index (χ3v) is 4.61. The molecule has 0 atom stereocenters. The minimum Gasteiger partial charge on any atom is -0.478 e. The van der Waals surface area contributed by atoms with Gasteiger partial charge >= 0.3 is 5.97 Å². The maximum Gasteiger partial charge on any atom is 0.335 e. The second-order valence-electron chi connectivity index (χ2n) is 4.40. The Kier molecular flexibility index (Phi) is 6.54. The highest BCUT2D eigenvalue weighted by Crippen LogP contribution is 2.13. The summed E-state index contributed by atoms with van der Waals surface area (Å²) in [6.45, 7) is 4.23. The summed E-state index contributed by atoms with van der Waals surface area (Å²) in [5.41, 5.74) is 0.497. The number of carboxylic acid groups (broad SMARTS) is 1. The summed E-state index contributed by atoms with van der Waals surface area (Å²) >= 11 is 0. The summed E-state index contributed by atoms with van der Waals surface area (Å²) in [7, 11) is -2.07. The number of ether oxygens (including phenoxy) is 1. The Bertz CT molecular complexity index is 597. The number of hydrogen-bond donors (Lipinski definition) is 1. The van der Waals surface area contributed by atoms with Gasteiger partial charge in [-0.3, -0.25) is 0 Å². The molecule has 0 bridgehead atoms. The van der Waals surface area contributed by atoms with E-state index in [9.17, 15) is 13.2 Å². The number of benzene rings is 1. The van der Waals surface area contributed by atoms with Crippen LogP contribution < -0.4 is 0 Å². The zero-order valence-electron chi connectivity index (χ0n) is 11.9. The van der Waals surface area contributed by atoms with Crippen LogP contribution in [0.3, 0.4) is 0 Å². The predicted molar refractivity (Wildman–Crippen MR) is 79.7 cm³/mol. The molecule has 1 aromatic carbocycles. The van der Waals surface area contributed by atoms with E-state index in [1.807, 2.05) is 0 Å². The van der Waals surface area contributed by atoms with E-state index in [4.69, 9.17) is 9.84 Å². The molecular formula is C14H19NO5S. The quantitative estimate of drug-likeness (QED) is 0.696. The molecule has 0 aliphatic rings. The van der Waals surface area contributed by atoms with Crippen molar-refractivity contribution in [3.63, 3.8) is 0 Å². The van der Waals surface area contributed by atoms with Crippen LogP contribution in [0, 0.1) is 0 Å². The third-order valence-electron chi connectivity index (χ3n) is 2.79. The van der Waals surface area contributed by atoms with Gasteiger partial charge in [0.05, 0.1) is 17.9 Å². The number of carboxylic acids is 1. The van der Waals surface area contributed by atoms with Crippen molar-refractivity contribution in [2.45, 2.75) is 5.75 Å². The van der Waals surface area contributed by atoms with Crippen LogP contribution in [-0.4, -0.2) is 50.6 Å². The number of hydrogen-bond acceptors (Lipinski definition) is 4. The highest BCUT2D eigenvalue weighted by molar-refractivity contribution is 7.88. The average Bonchev–Trinajstić information content (AvgIpc) is 2.43. The molecule has 1 rings (SSSR count). The van der Waals surface area contributed by atoms with E-state index >= 15 is 0 Å². The number of carbonyl (C=O) groups is 1. The Morgan fingerprint density at radius 3 is 2.76 bits per heavy atom. The van der Waals surface area contributed by atoms with Crippen LogP contribution in [0.5, 0.6) is 0 Å². The molecule has 7 heteroatoms. The number of nitrogens with zero attached hydrogens (tertiary/aromatic N) is 1. The standard InChI is InChI=1S/C14H19NO5S/c1-3-7-15(8-9-20-2)21(18,19)11-12-5-4-6-13(10-12)14(16)17/h3-6,10H,1,7-9,11H2,2H3,(H,16,17). The van der Waals surface area contributed by atoms with Gasteiger partial charge in [-0.15, -0.1) is 6.58 Å². The van der Waals surface area contributed by atoms with Crippen molar-refractivity contribution < 1.29 is 23.1 Å². The van der Waals surface area contributed by atoms with Crippen molar-refractivity contribution in [3.05, 3.63) is 48.0 Å². The summed E-state index contributed by atoms with van der Waals surface area (Å²) in [5, 5.41) is 8.93. The first kappa shape index (κ1) is 17.4. The Labute approximate surface area is 124 Å². The van der Waals surface area contributed by atoms with Gasteiger partial charge in [0.1, 0.15) is 0 Å². The lowest BCUT2D eigenvalue weighted by Gasteiger charge is -2.20. The smallest absolute Gasteiger partial charge is 0.335 e. The normalized spacial score (nSPS) is 11.5. The highest BCUT2D eigenvalue weighted by Gasteiger charge is 2.21. The van der Waals surface area contributed by atoms with Crippen molar-refractivity contribution in [1.82, 2.24) is 4.31 Å². The minimum atomic E-state index is -3.56. The molecule has 0 aliphatic carbocycles. The number of sulfonamides is 1. The van der Waals surface area contributed by atoms with Crippen LogP contribution >= 0.6 is 0 Å². The summed E-state index contributed by atoms with van der Waals surface area (Å²) in [4.78, 5) is 10.9. The molecule has 1 N–H and O–H groups in total. The molecule has 6 nitrogen and oxygen atoms in total. The number of aromatic carboxylic acids is 1. The van der Waals surface area contributed by atoms with Gasteiger partial charge in [-0.2, -0.15) is 4.31 Å². The summed E-state index contributed by atoms with van der Waals surface area (Å²) in [5.74, 6) is -1.34. The number of methoxy groups -OCH3 is 1. The van der Waals surface area contributed by atoms with Crippen molar-refractivity contribution >= 4 is 16.0 Å². The van der Waals surface area contributed by atoms with E-state index < -0.39 is 16.0 Å². The van der Waals surface area contributed by atoms with Gasteiger partial charge < -0.3 is 9.84 Å². The molecule has 0 amide bonds. The van der Waals surface area contributed by atoms with Gasteiger partial charge in [0, 0.05) is 20.2 Å². The van der Waals surface area contributed by atoms with Crippen molar-refractivity contribution in [1.29, 1.82) is 0 Å². The Balaban J connectivity index is 2.93.